The van der Waals surface area contributed by atoms with Crippen molar-refractivity contribution in [2.45, 2.75) is 45.0 Å². The second-order valence-electron chi connectivity index (χ2n) is 7.79. The summed E-state index contributed by atoms with van der Waals surface area (Å²) in [5.74, 6) is 1.89. The molecule has 0 saturated heterocycles. The van der Waals surface area contributed by atoms with Crippen molar-refractivity contribution < 1.29 is 18.3 Å². The maximum absolute atomic E-state index is 13.0. The van der Waals surface area contributed by atoms with Gasteiger partial charge in [0, 0.05) is 12.7 Å². The molecule has 0 aliphatic heterocycles. The first-order chi connectivity index (χ1) is 12.9. The predicted molar refractivity (Wildman–Crippen MR) is 97.3 cm³/mol. The van der Waals surface area contributed by atoms with Crippen molar-refractivity contribution in [1.82, 2.24) is 9.78 Å². The van der Waals surface area contributed by atoms with Crippen LogP contribution in [0, 0.1) is 11.8 Å². The largest absolute Gasteiger partial charge is 0.417 e. The molecular weight excluding hydrogens is 352 g/mol. The summed E-state index contributed by atoms with van der Waals surface area (Å²) in [5, 5.41) is 6.42. The number of rotatable bonds is 4. The normalized spacial score (nSPS) is 23.1. The van der Waals surface area contributed by atoms with Gasteiger partial charge in [-0.2, -0.15) is 5.10 Å². The fourth-order valence-electron chi connectivity index (χ4n) is 5.03. The van der Waals surface area contributed by atoms with Gasteiger partial charge in [-0.05, 0) is 53.7 Å². The lowest BCUT2D eigenvalue weighted by atomic mass is 9.85. The van der Waals surface area contributed by atoms with Gasteiger partial charge in [0.1, 0.15) is 0 Å². The van der Waals surface area contributed by atoms with Crippen LogP contribution in [0.2, 0.25) is 0 Å². The van der Waals surface area contributed by atoms with E-state index in [1.54, 1.807) is 0 Å². The Labute approximate surface area is 156 Å². The summed E-state index contributed by atoms with van der Waals surface area (Å²) >= 11 is 0. The van der Waals surface area contributed by atoms with E-state index in [4.69, 9.17) is 4.74 Å². The molecule has 0 spiro atoms. The molecule has 1 saturated carbocycles. The summed E-state index contributed by atoms with van der Waals surface area (Å²) in [7, 11) is 1.50. The van der Waals surface area contributed by atoms with Gasteiger partial charge in [0.15, 0.2) is 11.4 Å². The Morgan fingerprint density at radius 2 is 2.04 bits per heavy atom. The molecule has 2 aliphatic carbocycles. The molecule has 4 rings (SSSR count). The lowest BCUT2D eigenvalue weighted by Crippen LogP contribution is -2.19. The lowest BCUT2D eigenvalue weighted by molar-refractivity contribution is 0.141. The maximum Gasteiger partial charge on any atom is 0.417 e. The van der Waals surface area contributed by atoms with E-state index in [0.717, 1.165) is 12.1 Å². The highest BCUT2D eigenvalue weighted by atomic mass is 19.3. The molecular formula is C20H23F2N3O2. The maximum atomic E-state index is 13.0. The van der Waals surface area contributed by atoms with Crippen LogP contribution in [0.25, 0.3) is 0 Å². The van der Waals surface area contributed by atoms with Gasteiger partial charge in [-0.3, -0.25) is 10.00 Å². The Bertz CT molecular complexity index is 878. The molecule has 2 bridgehead atoms. The highest BCUT2D eigenvalue weighted by Gasteiger charge is 2.48. The van der Waals surface area contributed by atoms with Crippen molar-refractivity contribution >= 4 is 11.8 Å². The summed E-state index contributed by atoms with van der Waals surface area (Å²) in [5.41, 5.74) is 2.67. The van der Waals surface area contributed by atoms with Crippen LogP contribution in [-0.4, -0.2) is 15.9 Å². The van der Waals surface area contributed by atoms with Gasteiger partial charge in [-0.15, -0.1) is 0 Å². The molecule has 1 N–H and O–H groups in total. The molecule has 3 atom stereocenters. The van der Waals surface area contributed by atoms with Gasteiger partial charge < -0.3 is 4.74 Å². The number of anilines is 1. The van der Waals surface area contributed by atoms with E-state index in [-0.39, 0.29) is 5.75 Å². The molecule has 0 radical (unpaired) electrons. The van der Waals surface area contributed by atoms with Gasteiger partial charge >= 0.3 is 6.09 Å². The number of alkyl halides is 2. The molecule has 1 heterocycles. The molecule has 5 nitrogen and oxygen atoms in total. The Kier molecular flexibility index (Phi) is 4.40. The van der Waals surface area contributed by atoms with Crippen LogP contribution in [0.1, 0.15) is 61.8 Å². The van der Waals surface area contributed by atoms with E-state index in [2.05, 4.69) is 30.3 Å². The number of aromatic nitrogens is 2. The Hall–Kier alpha value is -2.44. The molecule has 1 fully saturated rings. The highest BCUT2D eigenvalue weighted by molar-refractivity contribution is 5.88. The smallest absolute Gasteiger partial charge is 0.406 e. The number of benzene rings is 1. The molecule has 3 unspecified atom stereocenters. The molecule has 1 aromatic carbocycles. The second kappa shape index (κ2) is 6.62. The molecule has 7 heteroatoms. The number of hydrogen-bond acceptors (Lipinski definition) is 3. The number of amides is 1. The topological polar surface area (TPSA) is 56.1 Å². The van der Waals surface area contributed by atoms with Crippen LogP contribution in [-0.2, 0) is 7.05 Å². The lowest BCUT2D eigenvalue weighted by Gasteiger charge is -2.21. The van der Waals surface area contributed by atoms with Crippen LogP contribution in [0.15, 0.2) is 24.4 Å². The number of nitrogens with zero attached hydrogens (tertiary/aromatic N) is 2. The van der Waals surface area contributed by atoms with E-state index < -0.39 is 18.2 Å². The number of aryl methyl sites for hydroxylation is 1. The summed E-state index contributed by atoms with van der Waals surface area (Å²) < 4.78 is 32.4. The first-order valence-electron chi connectivity index (χ1n) is 9.30. The van der Waals surface area contributed by atoms with E-state index in [1.807, 2.05) is 12.1 Å². The first-order valence-corrected chi connectivity index (χ1v) is 9.30. The SMILES string of the molecule is CC(C)C1C2CCC1c1c(NC(=O)Oc3cn(C)nc3C(F)F)cccc12. The standard InChI is InChI=1S/C20H23F2N3O2/c1-10(2)16-12-7-8-13(16)17-11(12)5-4-6-14(17)23-20(26)27-15-9-25(3)24-18(15)19(21)22/h4-6,9-10,12-13,16,19H,7-8H2,1-3H3,(H,23,26). The van der Waals surface area contributed by atoms with E-state index >= 15 is 0 Å². The minimum Gasteiger partial charge on any atom is -0.406 e. The summed E-state index contributed by atoms with van der Waals surface area (Å²) in [6, 6.07) is 5.93. The first kappa shape index (κ1) is 17.9. The minimum atomic E-state index is -2.81. The van der Waals surface area contributed by atoms with E-state index in [0.29, 0.717) is 23.7 Å². The van der Waals surface area contributed by atoms with Gasteiger partial charge in [0.25, 0.3) is 6.43 Å². The third-order valence-corrected chi connectivity index (χ3v) is 5.87. The fraction of sp³-hybridized carbons (Fsp3) is 0.500. The van der Waals surface area contributed by atoms with Gasteiger partial charge in [-0.1, -0.05) is 26.0 Å². The zero-order chi connectivity index (χ0) is 19.3. The summed E-state index contributed by atoms with van der Waals surface area (Å²) in [6.45, 7) is 4.50. The van der Waals surface area contributed by atoms with Crippen molar-refractivity contribution in [3.63, 3.8) is 0 Å². The van der Waals surface area contributed by atoms with Gasteiger partial charge in [0.2, 0.25) is 0 Å². The van der Waals surface area contributed by atoms with Gasteiger partial charge in [0.05, 0.1) is 6.20 Å². The molecule has 1 aromatic heterocycles. The Morgan fingerprint density at radius 1 is 1.30 bits per heavy atom. The quantitative estimate of drug-likeness (QED) is 0.797. The summed E-state index contributed by atoms with van der Waals surface area (Å²) in [6.07, 6.45) is -0.0127. The molecule has 2 aromatic rings. The Morgan fingerprint density at radius 3 is 2.74 bits per heavy atom. The molecule has 27 heavy (non-hydrogen) atoms. The minimum absolute atomic E-state index is 0.223. The number of hydrogen-bond donors (Lipinski definition) is 1. The number of carbonyl (C=O) groups is 1. The number of carbonyl (C=O) groups excluding carboxylic acids is 1. The molecule has 144 valence electrons. The van der Waals surface area contributed by atoms with Crippen molar-refractivity contribution in [2.75, 3.05) is 5.32 Å². The second-order valence-corrected chi connectivity index (χ2v) is 7.79. The van der Waals surface area contributed by atoms with E-state index in [1.165, 1.54) is 35.5 Å². The van der Waals surface area contributed by atoms with Crippen LogP contribution in [0.4, 0.5) is 19.3 Å². The van der Waals surface area contributed by atoms with Crippen molar-refractivity contribution in [2.24, 2.45) is 18.9 Å². The third kappa shape index (κ3) is 2.99. The average molecular weight is 375 g/mol. The fourth-order valence-corrected chi connectivity index (χ4v) is 5.03. The Balaban J connectivity index is 1.57. The van der Waals surface area contributed by atoms with Crippen LogP contribution >= 0.6 is 0 Å². The third-order valence-electron chi connectivity index (χ3n) is 5.87. The monoisotopic (exact) mass is 375 g/mol. The number of fused-ring (bicyclic) bond motifs is 5. The van der Waals surface area contributed by atoms with Crippen LogP contribution in [0.5, 0.6) is 5.75 Å². The van der Waals surface area contributed by atoms with Crippen molar-refractivity contribution in [3.8, 4) is 5.75 Å². The predicted octanol–water partition coefficient (Wildman–Crippen LogP) is 5.22. The average Bonchev–Trinajstić information content (AvgIpc) is 3.26. The zero-order valence-corrected chi connectivity index (χ0v) is 15.6. The van der Waals surface area contributed by atoms with Gasteiger partial charge in [-0.25, -0.2) is 13.6 Å². The van der Waals surface area contributed by atoms with Crippen LogP contribution in [0.3, 0.4) is 0 Å². The van der Waals surface area contributed by atoms with E-state index in [9.17, 15) is 13.6 Å². The number of ether oxygens (including phenoxy) is 1. The molecule has 2 aliphatic rings. The highest BCUT2D eigenvalue weighted by Crippen LogP contribution is 2.61. The van der Waals surface area contributed by atoms with Crippen LogP contribution < -0.4 is 10.1 Å². The van der Waals surface area contributed by atoms with Crippen molar-refractivity contribution in [1.29, 1.82) is 0 Å². The van der Waals surface area contributed by atoms with Crippen molar-refractivity contribution in [3.05, 3.63) is 41.2 Å². The molecule has 1 amide bonds. The zero-order valence-electron chi connectivity index (χ0n) is 15.6. The number of nitrogens with one attached hydrogen (secondary N) is 1. The summed E-state index contributed by atoms with van der Waals surface area (Å²) in [4.78, 5) is 12.4. The number of halogens is 2.